The Hall–Kier alpha value is -1.75. The van der Waals surface area contributed by atoms with Crippen molar-refractivity contribution >= 4 is 6.09 Å². The van der Waals surface area contributed by atoms with Gasteiger partial charge in [-0.3, -0.25) is 0 Å². The number of methoxy groups -OCH3 is 1. The number of rotatable bonds is 3. The first-order chi connectivity index (χ1) is 10.3. The molecule has 0 bridgehead atoms. The van der Waals surface area contributed by atoms with Gasteiger partial charge in [-0.25, -0.2) is 4.79 Å². The van der Waals surface area contributed by atoms with E-state index in [0.717, 1.165) is 24.2 Å². The van der Waals surface area contributed by atoms with E-state index in [1.165, 1.54) is 0 Å². The van der Waals surface area contributed by atoms with Gasteiger partial charge >= 0.3 is 6.09 Å². The second-order valence-corrected chi connectivity index (χ2v) is 6.60. The zero-order valence-electron chi connectivity index (χ0n) is 13.7. The molecule has 0 radical (unpaired) electrons. The summed E-state index contributed by atoms with van der Waals surface area (Å²) in [6.45, 7) is 6.15. The summed E-state index contributed by atoms with van der Waals surface area (Å²) in [6.07, 6.45) is 0.562. The van der Waals surface area contributed by atoms with Crippen LogP contribution in [-0.4, -0.2) is 41.4 Å². The minimum Gasteiger partial charge on any atom is -0.497 e. The fraction of sp³-hybridized carbons (Fsp3) is 0.588. The van der Waals surface area contributed by atoms with Crippen LogP contribution < -0.4 is 4.74 Å². The molecule has 5 heteroatoms. The Kier molecular flexibility index (Phi) is 4.96. The maximum atomic E-state index is 12.3. The van der Waals surface area contributed by atoms with Gasteiger partial charge in [-0.1, -0.05) is 12.1 Å². The van der Waals surface area contributed by atoms with Crippen LogP contribution in [0.2, 0.25) is 0 Å². The average molecular weight is 307 g/mol. The summed E-state index contributed by atoms with van der Waals surface area (Å²) in [7, 11) is 1.60. The number of hydrogen-bond donors (Lipinski definition) is 1. The lowest BCUT2D eigenvalue weighted by atomic mass is 10.0. The van der Waals surface area contributed by atoms with Crippen molar-refractivity contribution in [1.29, 1.82) is 0 Å². The summed E-state index contributed by atoms with van der Waals surface area (Å²) in [4.78, 5) is 13.9. The number of likely N-dealkylation sites (tertiary alicyclic amines) is 1. The van der Waals surface area contributed by atoms with E-state index in [1.807, 2.05) is 45.0 Å². The minimum absolute atomic E-state index is 0.247. The standard InChI is InChI=1S/C17H25NO4/c1-17(2,3)22-16(20)18-11-5-6-14(18)15(19)12-7-9-13(21-4)10-8-12/h7-10,14-15,19H,5-6,11H2,1-4H3/t14-,15+/m0/s1. The summed E-state index contributed by atoms with van der Waals surface area (Å²) < 4.78 is 10.6. The summed E-state index contributed by atoms with van der Waals surface area (Å²) in [5.74, 6) is 0.742. The van der Waals surface area contributed by atoms with Crippen LogP contribution >= 0.6 is 0 Å². The van der Waals surface area contributed by atoms with Crippen LogP contribution in [0.25, 0.3) is 0 Å². The molecule has 1 amide bonds. The molecule has 1 fully saturated rings. The van der Waals surface area contributed by atoms with Crippen LogP contribution in [0.1, 0.15) is 45.3 Å². The number of aliphatic hydroxyl groups excluding tert-OH is 1. The highest BCUT2D eigenvalue weighted by atomic mass is 16.6. The van der Waals surface area contributed by atoms with E-state index in [4.69, 9.17) is 9.47 Å². The minimum atomic E-state index is -0.721. The Labute approximate surface area is 131 Å². The van der Waals surface area contributed by atoms with Crippen LogP contribution in [0.15, 0.2) is 24.3 Å². The quantitative estimate of drug-likeness (QED) is 0.932. The number of carbonyl (C=O) groups excluding carboxylic acids is 1. The molecule has 0 unspecified atom stereocenters. The van der Waals surface area contributed by atoms with Gasteiger partial charge in [0.15, 0.2) is 0 Å². The van der Waals surface area contributed by atoms with Crippen LogP contribution in [-0.2, 0) is 4.74 Å². The SMILES string of the molecule is COc1ccc([C@@H](O)[C@@H]2CCCN2C(=O)OC(C)(C)C)cc1. The molecule has 0 spiro atoms. The van der Waals surface area contributed by atoms with Gasteiger partial charge in [0.25, 0.3) is 0 Å². The Bertz CT molecular complexity index is 506. The number of carbonyl (C=O) groups is 1. The van der Waals surface area contributed by atoms with E-state index in [-0.39, 0.29) is 12.1 Å². The molecule has 22 heavy (non-hydrogen) atoms. The Morgan fingerprint density at radius 1 is 1.32 bits per heavy atom. The third-order valence-electron chi connectivity index (χ3n) is 3.75. The molecule has 1 heterocycles. The van der Waals surface area contributed by atoms with Gasteiger partial charge < -0.3 is 19.5 Å². The van der Waals surface area contributed by atoms with Gasteiger partial charge in [0, 0.05) is 6.54 Å². The van der Waals surface area contributed by atoms with Crippen molar-refractivity contribution in [3.63, 3.8) is 0 Å². The molecule has 122 valence electrons. The van der Waals surface area contributed by atoms with Gasteiger partial charge in [-0.05, 0) is 51.3 Å². The van der Waals surface area contributed by atoms with Gasteiger partial charge in [0.05, 0.1) is 19.3 Å². The number of amides is 1. The first kappa shape index (κ1) is 16.6. The number of aliphatic hydroxyl groups is 1. The lowest BCUT2D eigenvalue weighted by molar-refractivity contribution is 0.00489. The molecule has 0 saturated carbocycles. The van der Waals surface area contributed by atoms with Crippen molar-refractivity contribution in [2.75, 3.05) is 13.7 Å². The monoisotopic (exact) mass is 307 g/mol. The van der Waals surface area contributed by atoms with Gasteiger partial charge in [-0.15, -0.1) is 0 Å². The van der Waals surface area contributed by atoms with Crippen molar-refractivity contribution in [1.82, 2.24) is 4.90 Å². The van der Waals surface area contributed by atoms with Gasteiger partial charge in [0.2, 0.25) is 0 Å². The second-order valence-electron chi connectivity index (χ2n) is 6.60. The Morgan fingerprint density at radius 2 is 1.95 bits per heavy atom. The van der Waals surface area contributed by atoms with E-state index >= 15 is 0 Å². The molecule has 0 aromatic heterocycles. The fourth-order valence-electron chi connectivity index (χ4n) is 2.69. The molecule has 2 rings (SSSR count). The van der Waals surface area contributed by atoms with Crippen molar-refractivity contribution in [3.05, 3.63) is 29.8 Å². The number of ether oxygens (including phenoxy) is 2. The topological polar surface area (TPSA) is 59.0 Å². The molecule has 1 N–H and O–H groups in total. The maximum absolute atomic E-state index is 12.3. The molecule has 1 aliphatic heterocycles. The molecule has 1 aliphatic rings. The van der Waals surface area contributed by atoms with E-state index < -0.39 is 11.7 Å². The molecule has 0 aliphatic carbocycles. The van der Waals surface area contributed by atoms with E-state index in [1.54, 1.807) is 12.0 Å². The van der Waals surface area contributed by atoms with Crippen LogP contribution in [0, 0.1) is 0 Å². The molecule has 1 saturated heterocycles. The van der Waals surface area contributed by atoms with Crippen molar-refractivity contribution in [3.8, 4) is 5.75 Å². The molecule has 1 aromatic carbocycles. The highest BCUT2D eigenvalue weighted by Gasteiger charge is 2.36. The van der Waals surface area contributed by atoms with E-state index in [2.05, 4.69) is 0 Å². The molecular weight excluding hydrogens is 282 g/mol. The number of nitrogens with zero attached hydrogens (tertiary/aromatic N) is 1. The second kappa shape index (κ2) is 6.57. The Morgan fingerprint density at radius 3 is 2.50 bits per heavy atom. The lowest BCUT2D eigenvalue weighted by Crippen LogP contribution is -2.42. The number of benzene rings is 1. The predicted octanol–water partition coefficient (Wildman–Crippen LogP) is 3.13. The van der Waals surface area contributed by atoms with E-state index in [0.29, 0.717) is 6.54 Å². The van der Waals surface area contributed by atoms with Crippen molar-refractivity contribution < 1.29 is 19.4 Å². The van der Waals surface area contributed by atoms with Crippen LogP contribution in [0.5, 0.6) is 5.75 Å². The molecule has 2 atom stereocenters. The average Bonchev–Trinajstić information content (AvgIpc) is 2.94. The normalized spacial score (nSPS) is 19.9. The third-order valence-corrected chi connectivity index (χ3v) is 3.75. The third kappa shape index (κ3) is 3.91. The number of hydrogen-bond acceptors (Lipinski definition) is 4. The van der Waals surface area contributed by atoms with Crippen LogP contribution in [0.3, 0.4) is 0 Å². The van der Waals surface area contributed by atoms with Gasteiger partial charge in [0.1, 0.15) is 11.4 Å². The molecular formula is C17H25NO4. The highest BCUT2D eigenvalue weighted by Crippen LogP contribution is 2.31. The highest BCUT2D eigenvalue weighted by molar-refractivity contribution is 5.69. The lowest BCUT2D eigenvalue weighted by Gasteiger charge is -2.31. The summed E-state index contributed by atoms with van der Waals surface area (Å²) >= 11 is 0. The summed E-state index contributed by atoms with van der Waals surface area (Å²) in [6, 6.07) is 7.03. The first-order valence-corrected chi connectivity index (χ1v) is 7.63. The predicted molar refractivity (Wildman–Crippen MR) is 83.9 cm³/mol. The summed E-state index contributed by atoms with van der Waals surface area (Å²) in [5.41, 5.74) is 0.246. The first-order valence-electron chi connectivity index (χ1n) is 7.63. The Balaban J connectivity index is 2.10. The largest absolute Gasteiger partial charge is 0.497 e. The zero-order valence-corrected chi connectivity index (χ0v) is 13.7. The van der Waals surface area contributed by atoms with Crippen molar-refractivity contribution in [2.45, 2.75) is 51.4 Å². The van der Waals surface area contributed by atoms with Gasteiger partial charge in [-0.2, -0.15) is 0 Å². The van der Waals surface area contributed by atoms with Crippen LogP contribution in [0.4, 0.5) is 4.79 Å². The smallest absolute Gasteiger partial charge is 0.410 e. The molecule has 5 nitrogen and oxygen atoms in total. The summed E-state index contributed by atoms with van der Waals surface area (Å²) in [5, 5.41) is 10.6. The molecule has 1 aromatic rings. The maximum Gasteiger partial charge on any atom is 0.410 e. The zero-order chi connectivity index (χ0) is 16.3. The van der Waals surface area contributed by atoms with E-state index in [9.17, 15) is 9.90 Å². The van der Waals surface area contributed by atoms with Crippen molar-refractivity contribution in [2.24, 2.45) is 0 Å². The fourth-order valence-corrected chi connectivity index (χ4v) is 2.69.